The van der Waals surface area contributed by atoms with Crippen LogP contribution in [0.5, 0.6) is 0 Å². The number of carbonyl (C=O) groups excluding carboxylic acids is 1. The van der Waals surface area contributed by atoms with Crippen molar-refractivity contribution in [1.29, 1.82) is 0 Å². The molecule has 3 rings (SSSR count). The molecule has 0 aromatic carbocycles. The fourth-order valence-corrected chi connectivity index (χ4v) is 3.31. The van der Waals surface area contributed by atoms with Gasteiger partial charge in [-0.25, -0.2) is 14.8 Å². The van der Waals surface area contributed by atoms with Crippen LogP contribution in [0.15, 0.2) is 30.6 Å². The molecular formula is C19H27N7O. The first-order chi connectivity index (χ1) is 13.0. The van der Waals surface area contributed by atoms with Crippen LogP contribution >= 0.6 is 0 Å². The van der Waals surface area contributed by atoms with Crippen molar-refractivity contribution in [2.24, 2.45) is 0 Å². The molecule has 0 radical (unpaired) electrons. The number of hydrogen-bond donors (Lipinski definition) is 2. The number of carbonyl (C=O) groups is 1. The number of nitrogen functional groups attached to an aromatic ring is 1. The average Bonchev–Trinajstić information content (AvgIpc) is 2.90. The Balaban J connectivity index is 1.53. The van der Waals surface area contributed by atoms with Crippen LogP contribution in [0, 0.1) is 6.92 Å². The standard InChI is InChI=1S/C19H27N7O/c1-14-5-6-15(12-22-14)23-19(27)26-10-3-4-16(8-11-26)25(2)13-18-21-9-7-17(20)24-18/h5-7,9,12,16H,3-4,8,10-11,13H2,1-2H3,(H,23,27)(H2,20,21,24)/t16-/m1/s1. The van der Waals surface area contributed by atoms with Gasteiger partial charge in [-0.2, -0.15) is 0 Å². The Morgan fingerprint density at radius 3 is 2.89 bits per heavy atom. The van der Waals surface area contributed by atoms with Gasteiger partial charge in [0.25, 0.3) is 0 Å². The molecule has 0 aliphatic carbocycles. The SMILES string of the molecule is Cc1ccc(NC(=O)N2CCC[C@@H](N(C)Cc3nccc(N)n3)CC2)cn1. The molecule has 1 saturated heterocycles. The van der Waals surface area contributed by atoms with E-state index in [1.54, 1.807) is 18.5 Å². The van der Waals surface area contributed by atoms with E-state index in [4.69, 9.17) is 5.73 Å². The lowest BCUT2D eigenvalue weighted by Gasteiger charge is -2.26. The van der Waals surface area contributed by atoms with E-state index in [1.807, 2.05) is 24.0 Å². The van der Waals surface area contributed by atoms with Gasteiger partial charge in [0.1, 0.15) is 11.6 Å². The second kappa shape index (κ2) is 8.77. The number of rotatable bonds is 4. The highest BCUT2D eigenvalue weighted by atomic mass is 16.2. The van der Waals surface area contributed by atoms with E-state index in [1.165, 1.54) is 0 Å². The number of aryl methyl sites for hydroxylation is 1. The van der Waals surface area contributed by atoms with Gasteiger partial charge in [-0.05, 0) is 51.4 Å². The van der Waals surface area contributed by atoms with Gasteiger partial charge in [0.05, 0.1) is 18.4 Å². The summed E-state index contributed by atoms with van der Waals surface area (Å²) >= 11 is 0. The van der Waals surface area contributed by atoms with Crippen LogP contribution in [0.4, 0.5) is 16.3 Å². The Morgan fingerprint density at radius 2 is 2.15 bits per heavy atom. The number of nitrogens with two attached hydrogens (primary N) is 1. The Hall–Kier alpha value is -2.74. The summed E-state index contributed by atoms with van der Waals surface area (Å²) in [6, 6.07) is 5.77. The van der Waals surface area contributed by atoms with E-state index in [9.17, 15) is 4.79 Å². The quantitative estimate of drug-likeness (QED) is 0.857. The summed E-state index contributed by atoms with van der Waals surface area (Å²) in [5.41, 5.74) is 7.39. The monoisotopic (exact) mass is 369 g/mol. The molecule has 2 aromatic rings. The molecule has 1 atom stereocenters. The molecule has 0 bridgehead atoms. The van der Waals surface area contributed by atoms with Crippen LogP contribution in [-0.4, -0.2) is 57.0 Å². The van der Waals surface area contributed by atoms with E-state index >= 15 is 0 Å². The summed E-state index contributed by atoms with van der Waals surface area (Å²) in [6.07, 6.45) is 6.29. The zero-order valence-corrected chi connectivity index (χ0v) is 15.9. The van der Waals surface area contributed by atoms with E-state index < -0.39 is 0 Å². The smallest absolute Gasteiger partial charge is 0.321 e. The normalized spacial score (nSPS) is 17.6. The molecule has 2 aromatic heterocycles. The number of pyridine rings is 1. The summed E-state index contributed by atoms with van der Waals surface area (Å²) in [5, 5.41) is 2.93. The fourth-order valence-electron chi connectivity index (χ4n) is 3.31. The molecule has 0 saturated carbocycles. The van der Waals surface area contributed by atoms with Gasteiger partial charge in [-0.1, -0.05) is 0 Å². The largest absolute Gasteiger partial charge is 0.384 e. The van der Waals surface area contributed by atoms with Gasteiger partial charge in [-0.15, -0.1) is 0 Å². The predicted molar refractivity (Wildman–Crippen MR) is 105 cm³/mol. The van der Waals surface area contributed by atoms with Crippen molar-refractivity contribution < 1.29 is 4.79 Å². The first-order valence-corrected chi connectivity index (χ1v) is 9.27. The van der Waals surface area contributed by atoms with Crippen molar-refractivity contribution in [2.45, 2.75) is 38.8 Å². The lowest BCUT2D eigenvalue weighted by Crippen LogP contribution is -2.37. The summed E-state index contributed by atoms with van der Waals surface area (Å²) in [6.45, 7) is 4.05. The highest BCUT2D eigenvalue weighted by Crippen LogP contribution is 2.18. The Kier molecular flexibility index (Phi) is 6.18. The molecule has 8 nitrogen and oxygen atoms in total. The summed E-state index contributed by atoms with van der Waals surface area (Å²) in [5.74, 6) is 1.21. The van der Waals surface area contributed by atoms with Gasteiger partial charge in [0, 0.05) is 31.0 Å². The number of hydrogen-bond acceptors (Lipinski definition) is 6. The number of aromatic nitrogens is 3. The van der Waals surface area contributed by atoms with Gasteiger partial charge in [0.15, 0.2) is 0 Å². The minimum absolute atomic E-state index is 0.0666. The molecule has 3 N–H and O–H groups in total. The van der Waals surface area contributed by atoms with Crippen molar-refractivity contribution in [3.63, 3.8) is 0 Å². The topological polar surface area (TPSA) is 100 Å². The number of urea groups is 1. The Bertz CT molecular complexity index is 765. The molecule has 1 aliphatic rings. The minimum atomic E-state index is -0.0666. The third-order valence-corrected chi connectivity index (χ3v) is 4.89. The predicted octanol–water partition coefficient (Wildman–Crippen LogP) is 2.28. The van der Waals surface area contributed by atoms with Crippen molar-refractivity contribution in [2.75, 3.05) is 31.2 Å². The van der Waals surface area contributed by atoms with E-state index in [2.05, 4.69) is 32.2 Å². The lowest BCUT2D eigenvalue weighted by atomic mass is 10.1. The Labute approximate surface area is 159 Å². The highest BCUT2D eigenvalue weighted by Gasteiger charge is 2.23. The third kappa shape index (κ3) is 5.37. The first-order valence-electron chi connectivity index (χ1n) is 9.27. The molecule has 3 heterocycles. The van der Waals surface area contributed by atoms with Crippen LogP contribution in [0.25, 0.3) is 0 Å². The maximum Gasteiger partial charge on any atom is 0.321 e. The van der Waals surface area contributed by atoms with Gasteiger partial charge in [-0.3, -0.25) is 9.88 Å². The lowest BCUT2D eigenvalue weighted by molar-refractivity contribution is 0.199. The fraction of sp³-hybridized carbons (Fsp3) is 0.474. The van der Waals surface area contributed by atoms with Crippen molar-refractivity contribution in [3.8, 4) is 0 Å². The maximum absolute atomic E-state index is 12.5. The zero-order chi connectivity index (χ0) is 19.2. The maximum atomic E-state index is 12.5. The molecule has 0 unspecified atom stereocenters. The number of amides is 2. The molecule has 1 fully saturated rings. The summed E-state index contributed by atoms with van der Waals surface area (Å²) in [7, 11) is 2.07. The molecular weight excluding hydrogens is 342 g/mol. The number of likely N-dealkylation sites (tertiary alicyclic amines) is 1. The molecule has 27 heavy (non-hydrogen) atoms. The summed E-state index contributed by atoms with van der Waals surface area (Å²) in [4.78, 5) is 29.4. The van der Waals surface area contributed by atoms with Crippen molar-refractivity contribution in [1.82, 2.24) is 24.8 Å². The first kappa shape index (κ1) is 19.0. The minimum Gasteiger partial charge on any atom is -0.384 e. The van der Waals surface area contributed by atoms with Gasteiger partial charge in [0.2, 0.25) is 0 Å². The number of nitrogens with one attached hydrogen (secondary N) is 1. The van der Waals surface area contributed by atoms with Crippen molar-refractivity contribution in [3.05, 3.63) is 42.1 Å². The number of nitrogens with zero attached hydrogens (tertiary/aromatic N) is 5. The third-order valence-electron chi connectivity index (χ3n) is 4.89. The Morgan fingerprint density at radius 1 is 1.30 bits per heavy atom. The second-order valence-electron chi connectivity index (χ2n) is 7.00. The van der Waals surface area contributed by atoms with Crippen LogP contribution in [-0.2, 0) is 6.54 Å². The molecule has 144 valence electrons. The van der Waals surface area contributed by atoms with Crippen LogP contribution < -0.4 is 11.1 Å². The van der Waals surface area contributed by atoms with Crippen molar-refractivity contribution >= 4 is 17.5 Å². The van der Waals surface area contributed by atoms with E-state index in [0.717, 1.165) is 49.6 Å². The second-order valence-corrected chi connectivity index (χ2v) is 7.00. The average molecular weight is 369 g/mol. The molecule has 8 heteroatoms. The van der Waals surface area contributed by atoms with Crippen LogP contribution in [0.1, 0.15) is 30.8 Å². The highest BCUT2D eigenvalue weighted by molar-refractivity contribution is 5.89. The molecule has 1 aliphatic heterocycles. The zero-order valence-electron chi connectivity index (χ0n) is 15.9. The van der Waals surface area contributed by atoms with E-state index in [0.29, 0.717) is 18.4 Å². The van der Waals surface area contributed by atoms with Crippen LogP contribution in [0.3, 0.4) is 0 Å². The van der Waals surface area contributed by atoms with Gasteiger partial charge >= 0.3 is 6.03 Å². The number of anilines is 2. The van der Waals surface area contributed by atoms with E-state index in [-0.39, 0.29) is 6.03 Å². The van der Waals surface area contributed by atoms with Gasteiger partial charge < -0.3 is 16.0 Å². The summed E-state index contributed by atoms with van der Waals surface area (Å²) < 4.78 is 0. The van der Waals surface area contributed by atoms with Crippen LogP contribution in [0.2, 0.25) is 0 Å². The molecule has 2 amide bonds. The molecule has 0 spiro atoms.